The highest BCUT2D eigenvalue weighted by Gasteiger charge is 2.34. The fourth-order valence-corrected chi connectivity index (χ4v) is 4.17. The van der Waals surface area contributed by atoms with Crippen molar-refractivity contribution in [2.45, 2.75) is 85.1 Å². The van der Waals surface area contributed by atoms with Gasteiger partial charge in [-0.05, 0) is 92.6 Å². The molecule has 3 amide bonds. The number of fused-ring (bicyclic) bond motifs is 1. The summed E-state index contributed by atoms with van der Waals surface area (Å²) in [5, 5.41) is 8.45. The van der Waals surface area contributed by atoms with Crippen molar-refractivity contribution >= 4 is 46.3 Å². The van der Waals surface area contributed by atoms with Crippen LogP contribution in [-0.4, -0.2) is 44.4 Å². The Kier molecular flexibility index (Phi) is 9.26. The number of alkyl carbamates (subject to hydrolysis) is 1. The minimum atomic E-state index is -1.32. The zero-order chi connectivity index (χ0) is 31.6. The summed E-state index contributed by atoms with van der Waals surface area (Å²) in [6.07, 6.45) is -0.679. The van der Waals surface area contributed by atoms with Gasteiger partial charge in [0.1, 0.15) is 22.6 Å². The number of nitrogens with one attached hydrogen (secondary N) is 3. The number of hydrogen-bond donors (Lipinski definition) is 3. The molecule has 0 radical (unpaired) electrons. The molecule has 0 saturated carbocycles. The van der Waals surface area contributed by atoms with Crippen molar-refractivity contribution < 1.29 is 23.9 Å². The van der Waals surface area contributed by atoms with Crippen LogP contribution in [0, 0.1) is 0 Å². The van der Waals surface area contributed by atoms with E-state index in [-0.39, 0.29) is 16.2 Å². The van der Waals surface area contributed by atoms with Crippen molar-refractivity contribution in [1.82, 2.24) is 20.2 Å². The van der Waals surface area contributed by atoms with Gasteiger partial charge in [0.2, 0.25) is 0 Å². The number of nitrogens with zero attached hydrogens (tertiary/aromatic N) is 2. The molecule has 42 heavy (non-hydrogen) atoms. The Morgan fingerprint density at radius 3 is 2.17 bits per heavy atom. The standard InChI is InChI=1S/C30H38ClN5O6/c1-17(32-27(40)42-29(5,6)7)23-34-21-15-11-14-20(31)22(21)24(37)36(23)19-13-10-12-18(16-19)33-26(39)35-30(8,9)25(38)41-28(2,3)4/h10-17H,1-9H3,(H,32,40)(H2,33,35,39)/t17-/m0/s1. The van der Waals surface area contributed by atoms with Crippen molar-refractivity contribution in [3.63, 3.8) is 0 Å². The van der Waals surface area contributed by atoms with Crippen molar-refractivity contribution in [3.05, 3.63) is 63.7 Å². The first-order valence-electron chi connectivity index (χ1n) is 13.4. The first-order valence-corrected chi connectivity index (χ1v) is 13.8. The average molecular weight is 600 g/mol. The molecule has 0 fully saturated rings. The predicted octanol–water partition coefficient (Wildman–Crippen LogP) is 5.87. The van der Waals surface area contributed by atoms with Gasteiger partial charge in [-0.15, -0.1) is 0 Å². The van der Waals surface area contributed by atoms with Gasteiger partial charge in [-0.1, -0.05) is 23.7 Å². The van der Waals surface area contributed by atoms with E-state index >= 15 is 0 Å². The van der Waals surface area contributed by atoms with Gasteiger partial charge in [0.25, 0.3) is 5.56 Å². The summed E-state index contributed by atoms with van der Waals surface area (Å²) in [4.78, 5) is 56.5. The minimum Gasteiger partial charge on any atom is -0.458 e. The Morgan fingerprint density at radius 1 is 0.929 bits per heavy atom. The lowest BCUT2D eigenvalue weighted by Gasteiger charge is -2.29. The van der Waals surface area contributed by atoms with Gasteiger partial charge < -0.3 is 25.4 Å². The summed E-state index contributed by atoms with van der Waals surface area (Å²) in [5.41, 5.74) is -2.20. The number of carbonyl (C=O) groups excluding carboxylic acids is 3. The van der Waals surface area contributed by atoms with Crippen LogP contribution in [0.5, 0.6) is 0 Å². The highest BCUT2D eigenvalue weighted by molar-refractivity contribution is 6.35. The second-order valence-corrected chi connectivity index (χ2v) is 12.8. The van der Waals surface area contributed by atoms with Crippen LogP contribution in [0.4, 0.5) is 15.3 Å². The quantitative estimate of drug-likeness (QED) is 0.301. The number of hydrogen-bond acceptors (Lipinski definition) is 7. The molecule has 0 unspecified atom stereocenters. The number of rotatable bonds is 6. The summed E-state index contributed by atoms with van der Waals surface area (Å²) in [7, 11) is 0. The average Bonchev–Trinajstić information content (AvgIpc) is 2.81. The first kappa shape index (κ1) is 32.4. The predicted molar refractivity (Wildman–Crippen MR) is 162 cm³/mol. The van der Waals surface area contributed by atoms with E-state index in [9.17, 15) is 19.2 Å². The molecule has 1 atom stereocenters. The number of urea groups is 1. The molecule has 0 spiro atoms. The lowest BCUT2D eigenvalue weighted by molar-refractivity contribution is -0.161. The van der Waals surface area contributed by atoms with Gasteiger partial charge in [0, 0.05) is 5.69 Å². The molecule has 0 saturated heterocycles. The number of benzene rings is 2. The largest absolute Gasteiger partial charge is 0.458 e. The molecule has 3 rings (SSSR count). The van der Waals surface area contributed by atoms with Gasteiger partial charge in [-0.25, -0.2) is 19.4 Å². The molecule has 1 heterocycles. The van der Waals surface area contributed by atoms with Crippen molar-refractivity contribution in [2.24, 2.45) is 0 Å². The van der Waals surface area contributed by atoms with Crippen molar-refractivity contribution in [3.8, 4) is 5.69 Å². The van der Waals surface area contributed by atoms with Crippen molar-refractivity contribution in [1.29, 1.82) is 0 Å². The second-order valence-electron chi connectivity index (χ2n) is 12.4. The molecule has 0 aliphatic rings. The summed E-state index contributed by atoms with van der Waals surface area (Å²) in [6.45, 7) is 15.2. The lowest BCUT2D eigenvalue weighted by Crippen LogP contribution is -2.53. The fourth-order valence-electron chi connectivity index (χ4n) is 3.92. The maximum Gasteiger partial charge on any atom is 0.408 e. The third-order valence-electron chi connectivity index (χ3n) is 5.69. The highest BCUT2D eigenvalue weighted by Crippen LogP contribution is 2.24. The molecule has 2 aromatic carbocycles. The Balaban J connectivity index is 2.00. The number of esters is 1. The van der Waals surface area contributed by atoms with Crippen LogP contribution >= 0.6 is 11.6 Å². The highest BCUT2D eigenvalue weighted by atomic mass is 35.5. The maximum atomic E-state index is 13.8. The Bertz CT molecular complexity index is 1570. The molecule has 3 N–H and O–H groups in total. The van der Waals surface area contributed by atoms with Gasteiger partial charge in [-0.3, -0.25) is 9.36 Å². The van der Waals surface area contributed by atoms with Crippen LogP contribution in [-0.2, 0) is 14.3 Å². The van der Waals surface area contributed by atoms with Crippen molar-refractivity contribution in [2.75, 3.05) is 5.32 Å². The van der Waals surface area contributed by atoms with E-state index in [1.165, 1.54) is 18.4 Å². The molecular formula is C30H38ClN5O6. The van der Waals surface area contributed by atoms with Gasteiger partial charge in [-0.2, -0.15) is 0 Å². The van der Waals surface area contributed by atoms with E-state index in [1.807, 2.05) is 0 Å². The smallest absolute Gasteiger partial charge is 0.408 e. The molecule has 0 aliphatic carbocycles. The Labute approximate surface area is 249 Å². The normalized spacial score (nSPS) is 12.8. The minimum absolute atomic E-state index is 0.197. The molecule has 12 heteroatoms. The van der Waals surface area contributed by atoms with Crippen LogP contribution in [0.3, 0.4) is 0 Å². The van der Waals surface area contributed by atoms with E-state index in [0.717, 1.165) is 0 Å². The van der Waals surface area contributed by atoms with Gasteiger partial charge in [0.05, 0.1) is 27.7 Å². The number of carbonyl (C=O) groups is 3. The van der Waals surface area contributed by atoms with Crippen LogP contribution in [0.2, 0.25) is 5.02 Å². The molecule has 11 nitrogen and oxygen atoms in total. The zero-order valence-corrected chi connectivity index (χ0v) is 26.1. The molecule has 226 valence electrons. The summed E-state index contributed by atoms with van der Waals surface area (Å²) in [6, 6.07) is 10.00. The van der Waals surface area contributed by atoms with E-state index < -0.39 is 46.4 Å². The SMILES string of the molecule is C[C@H](NC(=O)OC(C)(C)C)c1nc2cccc(Cl)c2c(=O)n1-c1cccc(NC(=O)NC(C)(C)C(=O)OC(C)(C)C)c1. The number of aromatic nitrogens is 2. The number of halogens is 1. The number of amides is 3. The van der Waals surface area contributed by atoms with E-state index in [4.69, 9.17) is 21.1 Å². The van der Waals surface area contributed by atoms with Gasteiger partial charge in [0.15, 0.2) is 0 Å². The summed E-state index contributed by atoms with van der Waals surface area (Å²) >= 11 is 6.39. The Morgan fingerprint density at radius 2 is 1.55 bits per heavy atom. The summed E-state index contributed by atoms with van der Waals surface area (Å²) < 4.78 is 12.1. The van der Waals surface area contributed by atoms with Gasteiger partial charge >= 0.3 is 18.1 Å². The molecule has 0 bridgehead atoms. The lowest BCUT2D eigenvalue weighted by atomic mass is 10.1. The van der Waals surface area contributed by atoms with E-state index in [2.05, 4.69) is 20.9 Å². The third kappa shape index (κ3) is 8.22. The Hall–Kier alpha value is -4.12. The molecule has 3 aromatic rings. The zero-order valence-electron chi connectivity index (χ0n) is 25.3. The molecule has 0 aliphatic heterocycles. The van der Waals surface area contributed by atoms with E-state index in [0.29, 0.717) is 16.9 Å². The summed E-state index contributed by atoms with van der Waals surface area (Å²) in [5.74, 6) is -0.381. The van der Waals surface area contributed by atoms with Crippen LogP contribution < -0.4 is 21.5 Å². The maximum absolute atomic E-state index is 13.8. The number of anilines is 1. The van der Waals surface area contributed by atoms with E-state index in [1.54, 1.807) is 90.9 Å². The van der Waals surface area contributed by atoms with Crippen LogP contribution in [0.15, 0.2) is 47.3 Å². The second kappa shape index (κ2) is 12.0. The monoisotopic (exact) mass is 599 g/mol. The fraction of sp³-hybridized carbons (Fsp3) is 0.433. The molecule has 1 aromatic heterocycles. The number of ether oxygens (including phenoxy) is 2. The molecular weight excluding hydrogens is 562 g/mol. The third-order valence-corrected chi connectivity index (χ3v) is 6.01. The van der Waals surface area contributed by atoms with Crippen LogP contribution in [0.25, 0.3) is 16.6 Å². The first-order chi connectivity index (χ1) is 19.3. The van der Waals surface area contributed by atoms with Crippen LogP contribution in [0.1, 0.15) is 74.2 Å². The topological polar surface area (TPSA) is 141 Å².